The lowest BCUT2D eigenvalue weighted by atomic mass is 9.92. The van der Waals surface area contributed by atoms with Crippen molar-refractivity contribution in [2.24, 2.45) is 0 Å². The number of aromatic carboxylic acids is 1. The lowest BCUT2D eigenvalue weighted by Gasteiger charge is -2.41. The van der Waals surface area contributed by atoms with Gasteiger partial charge in [0.2, 0.25) is 11.3 Å². The Hall–Kier alpha value is -4.29. The summed E-state index contributed by atoms with van der Waals surface area (Å²) < 4.78 is 49.1. The number of cyclic esters (lactones) is 1. The van der Waals surface area contributed by atoms with Crippen molar-refractivity contribution < 1.29 is 42.3 Å². The molecule has 0 spiro atoms. The van der Waals surface area contributed by atoms with Crippen LogP contribution in [0.15, 0.2) is 41.3 Å². The third-order valence-electron chi connectivity index (χ3n) is 8.71. The Kier molecular flexibility index (Phi) is 8.60. The van der Waals surface area contributed by atoms with Gasteiger partial charge in [-0.25, -0.2) is 18.4 Å². The third-order valence-corrected chi connectivity index (χ3v) is 9.21. The fourth-order valence-electron chi connectivity index (χ4n) is 5.94. The number of carbonyl (C=O) groups is 3. The molecule has 3 aromatic rings. The Morgan fingerprint density at radius 2 is 1.87 bits per heavy atom. The summed E-state index contributed by atoms with van der Waals surface area (Å²) in [6.45, 7) is 2.42. The highest BCUT2D eigenvalue weighted by molar-refractivity contribution is 7.09. The van der Waals surface area contributed by atoms with E-state index in [0.29, 0.717) is 37.1 Å². The molecule has 1 aromatic heterocycles. The van der Waals surface area contributed by atoms with Crippen LogP contribution in [-0.2, 0) is 14.1 Å². The molecule has 2 aromatic carbocycles. The number of anilines is 2. The number of nitrogens with zero attached hydrogens (tertiary/aromatic N) is 3. The van der Waals surface area contributed by atoms with Gasteiger partial charge in [-0.3, -0.25) is 14.5 Å². The highest BCUT2D eigenvalue weighted by Crippen LogP contribution is 2.39. The number of nitrogens with one attached hydrogen (secondary N) is 1. The first-order valence-electron chi connectivity index (χ1n) is 14.9. The van der Waals surface area contributed by atoms with Gasteiger partial charge >= 0.3 is 12.1 Å². The minimum Gasteiger partial charge on any atom is -0.487 e. The van der Waals surface area contributed by atoms with Gasteiger partial charge in [0.15, 0.2) is 11.6 Å². The zero-order valence-electron chi connectivity index (χ0n) is 25.0. The lowest BCUT2D eigenvalue weighted by molar-refractivity contribution is -0.119. The number of carboxylic acids is 1. The molecule has 3 fully saturated rings. The van der Waals surface area contributed by atoms with Gasteiger partial charge in [-0.1, -0.05) is 0 Å². The van der Waals surface area contributed by atoms with Crippen LogP contribution in [0.1, 0.15) is 49.0 Å². The maximum atomic E-state index is 15.4. The molecule has 2 saturated heterocycles. The molecule has 3 aliphatic rings. The fourth-order valence-corrected chi connectivity index (χ4v) is 6.24. The Labute approximate surface area is 264 Å². The number of piperidine rings is 1. The second kappa shape index (κ2) is 12.5. The predicted molar refractivity (Wildman–Crippen MR) is 167 cm³/mol. The summed E-state index contributed by atoms with van der Waals surface area (Å²) in [5, 5.41) is 12.1. The van der Waals surface area contributed by atoms with Crippen molar-refractivity contribution in [3.8, 4) is 5.75 Å². The molecule has 1 saturated carbocycles. The van der Waals surface area contributed by atoms with E-state index in [4.69, 9.17) is 14.0 Å². The average Bonchev–Trinajstić information content (AvgIpc) is 3.81. The topological polar surface area (TPSA) is 140 Å². The molecule has 3 heterocycles. The van der Waals surface area contributed by atoms with Crippen molar-refractivity contribution in [1.82, 2.24) is 9.88 Å². The fraction of sp³-hybridized carbons (Fsp3) is 0.419. The molecule has 46 heavy (non-hydrogen) atoms. The van der Waals surface area contributed by atoms with Crippen molar-refractivity contribution in [2.45, 2.75) is 50.4 Å². The van der Waals surface area contributed by atoms with E-state index in [0.717, 1.165) is 18.9 Å². The van der Waals surface area contributed by atoms with Crippen molar-refractivity contribution in [2.75, 3.05) is 42.6 Å². The average molecular weight is 659 g/mol. The standard InChI is InChI=1S/C31H33F2N4O8P/c1-17(38)34-13-20-14-37(30(42)44-20)19-4-5-27(24(33)10-19)43-16-31(45-46)6-8-35(9-7-31)26-12-25-21(11-23(26)32)28(39)22(29(40)41)15-36(25)18-2-3-18/h4-5,10-12,15,18,20H,2-3,6-9,13-14,16,46H2,1H3,(H,34,38)(H,40,41)/t20-/m0/s1. The van der Waals surface area contributed by atoms with Crippen LogP contribution >= 0.6 is 9.47 Å². The summed E-state index contributed by atoms with van der Waals surface area (Å²) in [7, 11) is 2.23. The number of carboxylic acid groups (broad SMARTS) is 1. The van der Waals surface area contributed by atoms with Crippen LogP contribution in [0.4, 0.5) is 25.0 Å². The molecule has 1 unspecified atom stereocenters. The van der Waals surface area contributed by atoms with E-state index in [9.17, 15) is 24.3 Å². The number of rotatable bonds is 10. The Bertz CT molecular complexity index is 1770. The molecule has 0 bridgehead atoms. The third kappa shape index (κ3) is 6.23. The first-order chi connectivity index (χ1) is 22.0. The van der Waals surface area contributed by atoms with Gasteiger partial charge in [-0.05, 0) is 49.9 Å². The molecule has 244 valence electrons. The maximum absolute atomic E-state index is 15.4. The lowest BCUT2D eigenvalue weighted by Crippen LogP contribution is -2.48. The zero-order valence-corrected chi connectivity index (χ0v) is 26.1. The molecule has 2 aliphatic heterocycles. The highest BCUT2D eigenvalue weighted by atomic mass is 31.0. The number of carbonyl (C=O) groups excluding carboxylic acids is 2. The molecule has 2 amide bonds. The summed E-state index contributed by atoms with van der Waals surface area (Å²) in [6.07, 6.45) is 2.66. The number of hydrogen-bond acceptors (Lipinski definition) is 8. The number of hydrogen-bond donors (Lipinski definition) is 2. The zero-order chi connectivity index (χ0) is 32.7. The number of benzene rings is 2. The number of amides is 2. The van der Waals surface area contributed by atoms with Gasteiger partial charge in [-0.15, -0.1) is 0 Å². The minimum absolute atomic E-state index is 0.00451. The molecule has 6 rings (SSSR count). The van der Waals surface area contributed by atoms with E-state index >= 15 is 8.78 Å². The molecule has 12 nitrogen and oxygen atoms in total. The van der Waals surface area contributed by atoms with E-state index in [1.807, 2.05) is 4.90 Å². The van der Waals surface area contributed by atoms with Gasteiger partial charge in [-0.2, -0.15) is 0 Å². The number of aromatic nitrogens is 1. The van der Waals surface area contributed by atoms with Crippen molar-refractivity contribution in [3.63, 3.8) is 0 Å². The van der Waals surface area contributed by atoms with Crippen LogP contribution in [0.3, 0.4) is 0 Å². The highest BCUT2D eigenvalue weighted by Gasteiger charge is 2.38. The van der Waals surface area contributed by atoms with E-state index in [2.05, 4.69) is 14.8 Å². The predicted octanol–water partition coefficient (Wildman–Crippen LogP) is 4.00. The maximum Gasteiger partial charge on any atom is 0.414 e. The largest absolute Gasteiger partial charge is 0.487 e. The van der Waals surface area contributed by atoms with Crippen molar-refractivity contribution >= 4 is 49.7 Å². The molecular formula is C31H33F2N4O8P. The van der Waals surface area contributed by atoms with Crippen LogP contribution < -0.4 is 25.3 Å². The minimum atomic E-state index is -1.35. The second-order valence-electron chi connectivity index (χ2n) is 11.9. The number of pyridine rings is 1. The van der Waals surface area contributed by atoms with Crippen LogP contribution in [0, 0.1) is 11.6 Å². The first kappa shape index (κ1) is 31.7. The SMILES string of the molecule is CC(=O)NC[C@H]1CN(c2ccc(OCC3(OP)CCN(c4cc5c(cc4F)c(=O)c(C(=O)O)cn5C4CC4)CC3)c(F)c2)C(=O)O1. The number of fused-ring (bicyclic) bond motifs is 1. The van der Waals surface area contributed by atoms with Gasteiger partial charge < -0.3 is 33.9 Å². The van der Waals surface area contributed by atoms with Gasteiger partial charge in [0.1, 0.15) is 29.7 Å². The Balaban J connectivity index is 1.13. The second-order valence-corrected chi connectivity index (χ2v) is 12.1. The van der Waals surface area contributed by atoms with E-state index in [1.165, 1.54) is 30.2 Å². The van der Waals surface area contributed by atoms with Crippen LogP contribution in [-0.4, -0.2) is 72.1 Å². The van der Waals surface area contributed by atoms with Gasteiger partial charge in [0.25, 0.3) is 0 Å². The molecular weight excluding hydrogens is 625 g/mol. The smallest absolute Gasteiger partial charge is 0.414 e. The monoisotopic (exact) mass is 658 g/mol. The molecule has 1 aliphatic carbocycles. The van der Waals surface area contributed by atoms with Crippen molar-refractivity contribution in [3.05, 3.63) is 63.9 Å². The van der Waals surface area contributed by atoms with E-state index in [1.54, 1.807) is 16.7 Å². The van der Waals surface area contributed by atoms with Crippen LogP contribution in [0.5, 0.6) is 5.75 Å². The van der Waals surface area contributed by atoms with Crippen LogP contribution in [0.25, 0.3) is 10.9 Å². The summed E-state index contributed by atoms with van der Waals surface area (Å²) >= 11 is 0. The van der Waals surface area contributed by atoms with Crippen LogP contribution in [0.2, 0.25) is 0 Å². The van der Waals surface area contributed by atoms with Gasteiger partial charge in [0.05, 0.1) is 30.0 Å². The van der Waals surface area contributed by atoms with Crippen molar-refractivity contribution in [1.29, 1.82) is 0 Å². The summed E-state index contributed by atoms with van der Waals surface area (Å²) in [6, 6.07) is 6.92. The van der Waals surface area contributed by atoms with E-state index < -0.39 is 40.8 Å². The normalized spacial score (nSPS) is 19.3. The van der Waals surface area contributed by atoms with E-state index in [-0.39, 0.29) is 54.0 Å². The molecule has 15 heteroatoms. The molecule has 2 atom stereocenters. The van der Waals surface area contributed by atoms with Gasteiger partial charge in [0, 0.05) is 53.2 Å². The number of halogens is 2. The number of ether oxygens (including phenoxy) is 2. The molecule has 2 N–H and O–H groups in total. The summed E-state index contributed by atoms with van der Waals surface area (Å²) in [5.74, 6) is -2.94. The summed E-state index contributed by atoms with van der Waals surface area (Å²) in [5.41, 5.74) is -0.854. The first-order valence-corrected chi connectivity index (χ1v) is 15.4. The molecule has 0 radical (unpaired) electrons. The Morgan fingerprint density at radius 1 is 1.13 bits per heavy atom. The Morgan fingerprint density at radius 3 is 2.50 bits per heavy atom. The summed E-state index contributed by atoms with van der Waals surface area (Å²) in [4.78, 5) is 51.1. The quantitative estimate of drug-likeness (QED) is 0.310.